The Morgan fingerprint density at radius 2 is 1.91 bits per heavy atom. The molecule has 0 heterocycles. The highest BCUT2D eigenvalue weighted by Gasteiger charge is 2.20. The normalized spacial score (nSPS) is 14.5. The molecule has 0 unspecified atom stereocenters. The van der Waals surface area contributed by atoms with E-state index in [0.717, 1.165) is 57.8 Å². The van der Waals surface area contributed by atoms with E-state index < -0.39 is 0 Å². The van der Waals surface area contributed by atoms with Crippen molar-refractivity contribution in [1.29, 1.82) is 0 Å². The molecule has 0 aromatic carbocycles. The van der Waals surface area contributed by atoms with Crippen molar-refractivity contribution in [3.63, 3.8) is 0 Å². The van der Waals surface area contributed by atoms with Gasteiger partial charge in [0.2, 0.25) is 0 Å². The highest BCUT2D eigenvalue weighted by Crippen LogP contribution is 2.28. The lowest BCUT2D eigenvalue weighted by atomic mass is 10.4. The lowest BCUT2D eigenvalue weighted by molar-refractivity contribution is 0.0702. The van der Waals surface area contributed by atoms with Gasteiger partial charge in [-0.25, -0.2) is 0 Å². The summed E-state index contributed by atoms with van der Waals surface area (Å²) in [6.45, 7) is 8.14. The maximum Gasteiger partial charge on any atom is 0.191 e. The van der Waals surface area contributed by atoms with Gasteiger partial charge < -0.3 is 24.8 Å². The Morgan fingerprint density at radius 1 is 1.09 bits per heavy atom. The smallest absolute Gasteiger partial charge is 0.191 e. The summed E-state index contributed by atoms with van der Waals surface area (Å²) in [5.41, 5.74) is 0. The van der Waals surface area contributed by atoms with Crippen molar-refractivity contribution in [2.24, 2.45) is 10.9 Å². The van der Waals surface area contributed by atoms with E-state index in [4.69, 9.17) is 14.2 Å². The molecule has 0 aliphatic heterocycles. The number of hydrogen-bond acceptors (Lipinski definition) is 4. The molecule has 0 amide bonds. The molecule has 1 saturated carbocycles. The van der Waals surface area contributed by atoms with Gasteiger partial charge in [0.05, 0.1) is 19.8 Å². The number of hydrogen-bond donors (Lipinski definition) is 2. The Labute approximate surface area is 151 Å². The standard InChI is InChI=1S/C15H31N3O3.HI/c1-3-16-15(17-7-4-9-20-12-11-19-2)18-8-10-21-13-14-5-6-14;/h14H,3-13H2,1-2H3,(H2,16,17,18);1H. The van der Waals surface area contributed by atoms with E-state index >= 15 is 0 Å². The average molecular weight is 429 g/mol. The molecule has 2 N–H and O–H groups in total. The zero-order valence-electron chi connectivity index (χ0n) is 13.9. The van der Waals surface area contributed by atoms with Crippen LogP contribution in [0.15, 0.2) is 4.99 Å². The number of guanidine groups is 1. The van der Waals surface area contributed by atoms with E-state index in [1.165, 1.54) is 12.8 Å². The topological polar surface area (TPSA) is 64.1 Å². The van der Waals surface area contributed by atoms with Gasteiger partial charge in [0.15, 0.2) is 5.96 Å². The molecule has 0 spiro atoms. The first-order chi connectivity index (χ1) is 10.4. The average Bonchev–Trinajstić information content (AvgIpc) is 3.30. The first kappa shape index (κ1) is 21.9. The summed E-state index contributed by atoms with van der Waals surface area (Å²) < 4.78 is 15.9. The minimum atomic E-state index is 0. The zero-order valence-corrected chi connectivity index (χ0v) is 16.3. The monoisotopic (exact) mass is 429 g/mol. The summed E-state index contributed by atoms with van der Waals surface area (Å²) in [5, 5.41) is 6.51. The molecule has 132 valence electrons. The second-order valence-electron chi connectivity index (χ2n) is 5.16. The second-order valence-corrected chi connectivity index (χ2v) is 5.16. The number of nitrogens with zero attached hydrogens (tertiary/aromatic N) is 1. The van der Waals surface area contributed by atoms with E-state index in [1.54, 1.807) is 7.11 Å². The molecule has 0 bridgehead atoms. The molecule has 0 saturated heterocycles. The molecule has 1 fully saturated rings. The van der Waals surface area contributed by atoms with E-state index in [9.17, 15) is 0 Å². The molecule has 1 rings (SSSR count). The van der Waals surface area contributed by atoms with Gasteiger partial charge in [-0.2, -0.15) is 0 Å². The third-order valence-corrected chi connectivity index (χ3v) is 3.08. The maximum atomic E-state index is 5.59. The van der Waals surface area contributed by atoms with Gasteiger partial charge in [0.25, 0.3) is 0 Å². The first-order valence-electron chi connectivity index (χ1n) is 8.03. The molecule has 1 aliphatic rings. The van der Waals surface area contributed by atoms with Gasteiger partial charge in [-0.05, 0) is 32.1 Å². The van der Waals surface area contributed by atoms with Crippen molar-refractivity contribution >= 4 is 29.9 Å². The minimum absolute atomic E-state index is 0. The molecule has 0 aromatic heterocycles. The Morgan fingerprint density at radius 3 is 2.59 bits per heavy atom. The van der Waals surface area contributed by atoms with Gasteiger partial charge >= 0.3 is 0 Å². The van der Waals surface area contributed by atoms with Crippen molar-refractivity contribution in [3.8, 4) is 0 Å². The van der Waals surface area contributed by atoms with Crippen LogP contribution in [0.2, 0.25) is 0 Å². The lowest BCUT2D eigenvalue weighted by Gasteiger charge is -2.11. The molecule has 7 heteroatoms. The van der Waals surface area contributed by atoms with Crippen LogP contribution < -0.4 is 10.6 Å². The van der Waals surface area contributed by atoms with Crippen molar-refractivity contribution in [1.82, 2.24) is 10.6 Å². The van der Waals surface area contributed by atoms with Crippen LogP contribution in [0.1, 0.15) is 26.2 Å². The number of ether oxygens (including phenoxy) is 3. The number of aliphatic imine (C=N–C) groups is 1. The number of halogens is 1. The number of methoxy groups -OCH3 is 1. The van der Waals surface area contributed by atoms with E-state index in [0.29, 0.717) is 13.2 Å². The number of rotatable bonds is 13. The third kappa shape index (κ3) is 13.5. The van der Waals surface area contributed by atoms with E-state index in [2.05, 4.69) is 22.5 Å². The van der Waals surface area contributed by atoms with Crippen LogP contribution in [0.3, 0.4) is 0 Å². The van der Waals surface area contributed by atoms with Crippen LogP contribution in [0.4, 0.5) is 0 Å². The molecule has 6 nitrogen and oxygen atoms in total. The van der Waals surface area contributed by atoms with Crippen molar-refractivity contribution < 1.29 is 14.2 Å². The fraction of sp³-hybridized carbons (Fsp3) is 0.933. The Balaban J connectivity index is 0.00000441. The van der Waals surface area contributed by atoms with Crippen LogP contribution in [0, 0.1) is 5.92 Å². The molecule has 22 heavy (non-hydrogen) atoms. The summed E-state index contributed by atoms with van der Waals surface area (Å²) >= 11 is 0. The molecule has 0 radical (unpaired) electrons. The first-order valence-corrected chi connectivity index (χ1v) is 8.03. The predicted molar refractivity (Wildman–Crippen MR) is 100 cm³/mol. The maximum absolute atomic E-state index is 5.59. The second kappa shape index (κ2) is 15.8. The molecule has 0 aromatic rings. The highest BCUT2D eigenvalue weighted by atomic mass is 127. The molecular weight excluding hydrogens is 397 g/mol. The lowest BCUT2D eigenvalue weighted by Crippen LogP contribution is -2.39. The Hall–Kier alpha value is -0.120. The highest BCUT2D eigenvalue weighted by molar-refractivity contribution is 14.0. The van der Waals surface area contributed by atoms with Gasteiger partial charge in [-0.15, -0.1) is 24.0 Å². The van der Waals surface area contributed by atoms with Crippen LogP contribution in [0.5, 0.6) is 0 Å². The van der Waals surface area contributed by atoms with Crippen molar-refractivity contribution in [3.05, 3.63) is 0 Å². The van der Waals surface area contributed by atoms with Gasteiger partial charge in [0.1, 0.15) is 0 Å². The summed E-state index contributed by atoms with van der Waals surface area (Å²) in [6, 6.07) is 0. The largest absolute Gasteiger partial charge is 0.382 e. The fourth-order valence-corrected chi connectivity index (χ4v) is 1.72. The third-order valence-electron chi connectivity index (χ3n) is 3.08. The van der Waals surface area contributed by atoms with E-state index in [-0.39, 0.29) is 24.0 Å². The van der Waals surface area contributed by atoms with E-state index in [1.807, 2.05) is 0 Å². The predicted octanol–water partition coefficient (Wildman–Crippen LogP) is 1.64. The Bertz CT molecular complexity index is 277. The summed E-state index contributed by atoms with van der Waals surface area (Å²) in [6.07, 6.45) is 3.59. The van der Waals surface area contributed by atoms with Crippen LogP contribution in [-0.4, -0.2) is 65.7 Å². The minimum Gasteiger partial charge on any atom is -0.382 e. The van der Waals surface area contributed by atoms with Crippen LogP contribution >= 0.6 is 24.0 Å². The van der Waals surface area contributed by atoms with Crippen molar-refractivity contribution in [2.75, 3.05) is 59.8 Å². The van der Waals surface area contributed by atoms with Crippen molar-refractivity contribution in [2.45, 2.75) is 26.2 Å². The summed E-state index contributed by atoms with van der Waals surface area (Å²) in [5.74, 6) is 1.68. The zero-order chi connectivity index (χ0) is 15.2. The molecule has 1 aliphatic carbocycles. The summed E-state index contributed by atoms with van der Waals surface area (Å²) in [7, 11) is 1.68. The molecular formula is C15H32IN3O3. The van der Waals surface area contributed by atoms with Gasteiger partial charge in [-0.1, -0.05) is 0 Å². The Kier molecular flexibility index (Phi) is 15.7. The number of nitrogens with one attached hydrogen (secondary N) is 2. The fourth-order valence-electron chi connectivity index (χ4n) is 1.72. The molecule has 0 atom stereocenters. The van der Waals surface area contributed by atoms with Gasteiger partial charge in [0, 0.05) is 40.0 Å². The van der Waals surface area contributed by atoms with Gasteiger partial charge in [-0.3, -0.25) is 4.99 Å². The van der Waals surface area contributed by atoms with Crippen LogP contribution in [0.25, 0.3) is 0 Å². The summed E-state index contributed by atoms with van der Waals surface area (Å²) in [4.78, 5) is 4.50. The quantitative estimate of drug-likeness (QED) is 0.202. The van der Waals surface area contributed by atoms with Crippen LogP contribution in [-0.2, 0) is 14.2 Å². The SMILES string of the molecule is CCNC(=NCCCOCCOC)NCCOCC1CC1.I.